The van der Waals surface area contributed by atoms with Gasteiger partial charge in [0.1, 0.15) is 17.7 Å². The Hall–Kier alpha value is -2.57. The van der Waals surface area contributed by atoms with Gasteiger partial charge in [0, 0.05) is 12.6 Å². The summed E-state index contributed by atoms with van der Waals surface area (Å²) in [5.74, 6) is -0.736. The summed E-state index contributed by atoms with van der Waals surface area (Å²) in [5.41, 5.74) is 2.04. The van der Waals surface area contributed by atoms with E-state index in [9.17, 15) is 14.4 Å². The molecule has 1 aromatic rings. The molecule has 0 saturated heterocycles. The second-order valence-corrected chi connectivity index (χ2v) is 10.3. The van der Waals surface area contributed by atoms with Crippen LogP contribution < -0.4 is 10.6 Å². The molecule has 0 spiro atoms. The summed E-state index contributed by atoms with van der Waals surface area (Å²) in [5, 5.41) is 5.72. The fourth-order valence-corrected chi connectivity index (χ4v) is 3.60. The molecule has 0 bridgehead atoms. The first-order chi connectivity index (χ1) is 15.2. The predicted octanol–water partition coefficient (Wildman–Crippen LogP) is 4.66. The second kappa shape index (κ2) is 12.1. The van der Waals surface area contributed by atoms with Crippen LogP contribution >= 0.6 is 0 Å². The molecule has 0 heterocycles. The van der Waals surface area contributed by atoms with Crippen LogP contribution in [-0.4, -0.2) is 47.0 Å². The first kappa shape index (κ1) is 28.5. The molecule has 186 valence electrons. The Morgan fingerprint density at radius 2 is 1.64 bits per heavy atom. The number of rotatable bonds is 9. The molecule has 0 aliphatic rings. The van der Waals surface area contributed by atoms with Crippen LogP contribution in [0, 0.1) is 19.8 Å². The average molecular weight is 462 g/mol. The Bertz CT molecular complexity index is 827. The molecule has 2 atom stereocenters. The summed E-state index contributed by atoms with van der Waals surface area (Å²) >= 11 is 0. The SMILES string of the molecule is CCCN(C(=O)C(NC(=O)OC(C)(C)C)C(C)C)C(C(=O)NC(C)C)c1cc(C)ccc1C. The van der Waals surface area contributed by atoms with Gasteiger partial charge in [0.2, 0.25) is 11.8 Å². The quantitative estimate of drug-likeness (QED) is 0.560. The molecule has 3 amide bonds. The Labute approximate surface area is 199 Å². The van der Waals surface area contributed by atoms with Crippen molar-refractivity contribution in [1.29, 1.82) is 0 Å². The Morgan fingerprint density at radius 1 is 1.03 bits per heavy atom. The Balaban J connectivity index is 3.48. The topological polar surface area (TPSA) is 87.7 Å². The van der Waals surface area contributed by atoms with Crippen LogP contribution in [0.15, 0.2) is 18.2 Å². The molecule has 0 aliphatic carbocycles. The number of nitrogens with one attached hydrogen (secondary N) is 2. The zero-order valence-corrected chi connectivity index (χ0v) is 22.0. The molecule has 33 heavy (non-hydrogen) atoms. The maximum absolute atomic E-state index is 13.9. The van der Waals surface area contributed by atoms with Crippen LogP contribution in [0.1, 0.15) is 84.5 Å². The van der Waals surface area contributed by atoms with Crippen molar-refractivity contribution in [3.05, 3.63) is 34.9 Å². The molecule has 7 nitrogen and oxygen atoms in total. The van der Waals surface area contributed by atoms with E-state index in [0.717, 1.165) is 16.7 Å². The van der Waals surface area contributed by atoms with Gasteiger partial charge in [-0.1, -0.05) is 44.5 Å². The first-order valence-electron chi connectivity index (χ1n) is 11.8. The number of aryl methyl sites for hydroxylation is 2. The number of benzene rings is 1. The summed E-state index contributed by atoms with van der Waals surface area (Å²) in [7, 11) is 0. The lowest BCUT2D eigenvalue weighted by Gasteiger charge is -2.36. The third-order valence-corrected chi connectivity index (χ3v) is 5.07. The zero-order valence-electron chi connectivity index (χ0n) is 22.0. The van der Waals surface area contributed by atoms with Gasteiger partial charge >= 0.3 is 6.09 Å². The van der Waals surface area contributed by atoms with Crippen LogP contribution in [0.2, 0.25) is 0 Å². The van der Waals surface area contributed by atoms with Crippen LogP contribution in [0.4, 0.5) is 4.79 Å². The van der Waals surface area contributed by atoms with Crippen LogP contribution in [-0.2, 0) is 14.3 Å². The monoisotopic (exact) mass is 461 g/mol. The van der Waals surface area contributed by atoms with Crippen molar-refractivity contribution in [2.75, 3.05) is 6.54 Å². The van der Waals surface area contributed by atoms with E-state index in [0.29, 0.717) is 13.0 Å². The summed E-state index contributed by atoms with van der Waals surface area (Å²) in [6.45, 7) is 19.1. The molecular formula is C26H43N3O4. The largest absolute Gasteiger partial charge is 0.444 e. The number of ether oxygens (including phenoxy) is 1. The van der Waals surface area contributed by atoms with E-state index in [4.69, 9.17) is 4.74 Å². The predicted molar refractivity (Wildman–Crippen MR) is 132 cm³/mol. The van der Waals surface area contributed by atoms with Gasteiger partial charge in [-0.15, -0.1) is 0 Å². The van der Waals surface area contributed by atoms with Crippen LogP contribution in [0.25, 0.3) is 0 Å². The van der Waals surface area contributed by atoms with Crippen molar-refractivity contribution in [3.8, 4) is 0 Å². The first-order valence-corrected chi connectivity index (χ1v) is 11.8. The van der Waals surface area contributed by atoms with E-state index in [-0.39, 0.29) is 23.8 Å². The smallest absolute Gasteiger partial charge is 0.408 e. The van der Waals surface area contributed by atoms with Crippen LogP contribution in [0.3, 0.4) is 0 Å². The standard InChI is InChI=1S/C26H43N3O4/c1-11-14-29(24(31)21(16(2)3)28-25(32)33-26(8,9)10)22(23(30)27-17(4)5)20-15-18(6)12-13-19(20)7/h12-13,15-17,21-22H,11,14H2,1-10H3,(H,27,30)(H,28,32). The fraction of sp³-hybridized carbons (Fsp3) is 0.654. The third-order valence-electron chi connectivity index (χ3n) is 5.07. The van der Waals surface area contributed by atoms with Gasteiger partial charge in [0.15, 0.2) is 0 Å². The highest BCUT2D eigenvalue weighted by Crippen LogP contribution is 2.28. The minimum Gasteiger partial charge on any atom is -0.444 e. The molecule has 2 unspecified atom stereocenters. The fourth-order valence-electron chi connectivity index (χ4n) is 3.60. The third kappa shape index (κ3) is 8.71. The molecule has 2 N–H and O–H groups in total. The van der Waals surface area contributed by atoms with E-state index in [1.54, 1.807) is 25.7 Å². The maximum atomic E-state index is 13.9. The number of carbonyl (C=O) groups excluding carboxylic acids is 3. The van der Waals surface area contributed by atoms with Crippen molar-refractivity contribution in [3.63, 3.8) is 0 Å². The summed E-state index contributed by atoms with van der Waals surface area (Å²) < 4.78 is 5.39. The number of alkyl carbamates (subject to hydrolysis) is 1. The molecule has 0 aliphatic heterocycles. The van der Waals surface area contributed by atoms with E-state index < -0.39 is 23.8 Å². The molecular weight excluding hydrogens is 418 g/mol. The van der Waals surface area contributed by atoms with Gasteiger partial charge in [-0.05, 0) is 71.9 Å². The summed E-state index contributed by atoms with van der Waals surface area (Å²) in [4.78, 5) is 41.4. The lowest BCUT2D eigenvalue weighted by atomic mass is 9.94. The normalized spacial score (nSPS) is 13.5. The number of hydrogen-bond donors (Lipinski definition) is 2. The van der Waals surface area contributed by atoms with Gasteiger partial charge in [-0.3, -0.25) is 9.59 Å². The lowest BCUT2D eigenvalue weighted by molar-refractivity contribution is -0.143. The molecule has 0 saturated carbocycles. The molecule has 1 rings (SSSR count). The van der Waals surface area contributed by atoms with Crippen LogP contribution in [0.5, 0.6) is 0 Å². The number of hydrogen-bond acceptors (Lipinski definition) is 4. The van der Waals surface area contributed by atoms with Gasteiger partial charge in [-0.25, -0.2) is 4.79 Å². The molecule has 0 aromatic heterocycles. The van der Waals surface area contributed by atoms with E-state index in [1.807, 2.05) is 66.7 Å². The molecule has 1 aromatic carbocycles. The van der Waals surface area contributed by atoms with Gasteiger partial charge in [0.05, 0.1) is 0 Å². The number of nitrogens with zero attached hydrogens (tertiary/aromatic N) is 1. The Morgan fingerprint density at radius 3 is 2.12 bits per heavy atom. The summed E-state index contributed by atoms with van der Waals surface area (Å²) in [6, 6.07) is 4.20. The van der Waals surface area contributed by atoms with Gasteiger partial charge in [0.25, 0.3) is 0 Å². The Kier molecular flexibility index (Phi) is 10.4. The van der Waals surface area contributed by atoms with E-state index in [2.05, 4.69) is 10.6 Å². The highest BCUT2D eigenvalue weighted by Gasteiger charge is 2.37. The van der Waals surface area contributed by atoms with Crippen molar-refractivity contribution in [2.24, 2.45) is 5.92 Å². The lowest BCUT2D eigenvalue weighted by Crippen LogP contribution is -2.55. The van der Waals surface area contributed by atoms with Crippen molar-refractivity contribution >= 4 is 17.9 Å². The van der Waals surface area contributed by atoms with E-state index >= 15 is 0 Å². The average Bonchev–Trinajstić information content (AvgIpc) is 2.65. The highest BCUT2D eigenvalue weighted by atomic mass is 16.6. The summed E-state index contributed by atoms with van der Waals surface area (Å²) in [6.07, 6.45) is 0.0141. The zero-order chi connectivity index (χ0) is 25.5. The minimum atomic E-state index is -0.828. The minimum absolute atomic E-state index is 0.0792. The van der Waals surface area contributed by atoms with Gasteiger partial charge in [-0.2, -0.15) is 0 Å². The van der Waals surface area contributed by atoms with Crippen molar-refractivity contribution < 1.29 is 19.1 Å². The van der Waals surface area contributed by atoms with Gasteiger partial charge < -0.3 is 20.3 Å². The highest BCUT2D eigenvalue weighted by molar-refractivity contribution is 5.92. The second-order valence-electron chi connectivity index (χ2n) is 10.3. The molecule has 0 radical (unpaired) electrons. The maximum Gasteiger partial charge on any atom is 0.408 e. The molecule has 7 heteroatoms. The van der Waals surface area contributed by atoms with E-state index in [1.165, 1.54) is 0 Å². The molecule has 0 fully saturated rings. The number of carbonyl (C=O) groups is 3. The van der Waals surface area contributed by atoms with Crippen molar-refractivity contribution in [2.45, 2.75) is 99.4 Å². The number of amides is 3. The van der Waals surface area contributed by atoms with Crippen molar-refractivity contribution in [1.82, 2.24) is 15.5 Å².